The number of nitrogens with zero attached hydrogens (tertiary/aromatic N) is 6. The summed E-state index contributed by atoms with van der Waals surface area (Å²) in [7, 11) is -3.46. The SMILES string of the molecule is O=C(O)N1CCC(COc2cnc(N3CCN(S(=O)(=O)N4CCOCC4)CC3)cn2)CC1. The highest BCUT2D eigenvalue weighted by atomic mass is 32.2. The lowest BCUT2D eigenvalue weighted by atomic mass is 9.98. The Morgan fingerprint density at radius 3 is 2.25 bits per heavy atom. The number of ether oxygens (including phenoxy) is 2. The second-order valence-electron chi connectivity index (χ2n) is 8.14. The molecule has 0 atom stereocenters. The summed E-state index contributed by atoms with van der Waals surface area (Å²) in [6.07, 6.45) is 3.91. The molecule has 32 heavy (non-hydrogen) atoms. The van der Waals surface area contributed by atoms with Crippen LogP contribution in [0.15, 0.2) is 12.4 Å². The third-order valence-corrected chi connectivity index (χ3v) is 8.19. The molecule has 178 valence electrons. The van der Waals surface area contributed by atoms with Gasteiger partial charge in [-0.05, 0) is 18.8 Å². The molecule has 0 bridgehead atoms. The average Bonchev–Trinajstić information content (AvgIpc) is 2.84. The van der Waals surface area contributed by atoms with Crippen LogP contribution in [0, 0.1) is 5.92 Å². The van der Waals surface area contributed by atoms with Crippen LogP contribution in [0.4, 0.5) is 10.6 Å². The molecule has 0 radical (unpaired) electrons. The first-order chi connectivity index (χ1) is 15.4. The number of carbonyl (C=O) groups is 1. The Morgan fingerprint density at radius 1 is 1.00 bits per heavy atom. The van der Waals surface area contributed by atoms with Crippen LogP contribution in [0.5, 0.6) is 5.88 Å². The minimum absolute atomic E-state index is 0.300. The molecule has 1 N–H and O–H groups in total. The zero-order valence-corrected chi connectivity index (χ0v) is 18.8. The third kappa shape index (κ3) is 5.39. The van der Waals surface area contributed by atoms with E-state index in [2.05, 4.69) is 9.97 Å². The number of morpholine rings is 1. The van der Waals surface area contributed by atoms with E-state index in [-0.39, 0.29) is 0 Å². The highest BCUT2D eigenvalue weighted by molar-refractivity contribution is 7.86. The summed E-state index contributed by atoms with van der Waals surface area (Å²) < 4.78 is 39.6. The number of piperazine rings is 1. The fourth-order valence-electron chi connectivity index (χ4n) is 4.13. The Kier molecular flexibility index (Phi) is 7.28. The van der Waals surface area contributed by atoms with Gasteiger partial charge in [-0.25, -0.2) is 14.8 Å². The van der Waals surface area contributed by atoms with Crippen LogP contribution < -0.4 is 9.64 Å². The van der Waals surface area contributed by atoms with Gasteiger partial charge in [0.1, 0.15) is 5.82 Å². The van der Waals surface area contributed by atoms with Gasteiger partial charge in [-0.1, -0.05) is 0 Å². The summed E-state index contributed by atoms with van der Waals surface area (Å²) in [6, 6.07) is 0. The number of hydrogen-bond donors (Lipinski definition) is 1. The van der Waals surface area contributed by atoms with Crippen LogP contribution in [-0.2, 0) is 14.9 Å². The summed E-state index contributed by atoms with van der Waals surface area (Å²) in [4.78, 5) is 23.2. The van der Waals surface area contributed by atoms with Crippen LogP contribution in [-0.4, -0.2) is 115 Å². The first-order valence-corrected chi connectivity index (χ1v) is 12.3. The van der Waals surface area contributed by atoms with Crippen molar-refractivity contribution < 1.29 is 27.8 Å². The topological polar surface area (TPSA) is 129 Å². The molecule has 1 aromatic heterocycles. The lowest BCUT2D eigenvalue weighted by Crippen LogP contribution is -2.55. The molecule has 4 rings (SSSR count). The van der Waals surface area contributed by atoms with Crippen molar-refractivity contribution in [3.05, 3.63) is 12.4 Å². The van der Waals surface area contributed by atoms with Crippen molar-refractivity contribution in [2.24, 2.45) is 5.92 Å². The minimum Gasteiger partial charge on any atom is -0.476 e. The first kappa shape index (κ1) is 23.0. The maximum Gasteiger partial charge on any atom is 0.407 e. The summed E-state index contributed by atoms with van der Waals surface area (Å²) in [5.41, 5.74) is 0. The minimum atomic E-state index is -3.46. The molecule has 0 unspecified atom stereocenters. The molecule has 3 aliphatic heterocycles. The van der Waals surface area contributed by atoms with Crippen molar-refractivity contribution in [3.63, 3.8) is 0 Å². The summed E-state index contributed by atoms with van der Waals surface area (Å²) >= 11 is 0. The molecule has 3 aliphatic rings. The molecule has 12 nitrogen and oxygen atoms in total. The quantitative estimate of drug-likeness (QED) is 0.608. The monoisotopic (exact) mass is 470 g/mol. The number of anilines is 1. The third-order valence-electron chi connectivity index (χ3n) is 6.15. The van der Waals surface area contributed by atoms with Gasteiger partial charge in [-0.15, -0.1) is 0 Å². The lowest BCUT2D eigenvalue weighted by molar-refractivity contribution is 0.0700. The predicted octanol–water partition coefficient (Wildman–Crippen LogP) is -0.0556. The van der Waals surface area contributed by atoms with Crippen molar-refractivity contribution in [1.82, 2.24) is 23.5 Å². The smallest absolute Gasteiger partial charge is 0.407 e. The van der Waals surface area contributed by atoms with E-state index in [1.807, 2.05) is 4.90 Å². The number of amides is 1. The van der Waals surface area contributed by atoms with Gasteiger partial charge in [0.15, 0.2) is 0 Å². The van der Waals surface area contributed by atoms with Crippen LogP contribution in [0.1, 0.15) is 12.8 Å². The number of carboxylic acid groups (broad SMARTS) is 1. The second-order valence-corrected chi connectivity index (χ2v) is 10.1. The largest absolute Gasteiger partial charge is 0.476 e. The zero-order valence-electron chi connectivity index (χ0n) is 18.0. The molecule has 4 heterocycles. The number of hydrogen-bond acceptors (Lipinski definition) is 8. The van der Waals surface area contributed by atoms with Crippen LogP contribution in [0.25, 0.3) is 0 Å². The molecule has 0 aliphatic carbocycles. The standard InChI is InChI=1S/C19H30N6O6S/c26-19(27)23-3-1-16(2-4-23)15-31-18-14-20-17(13-21-18)22-5-7-24(8-6-22)32(28,29)25-9-11-30-12-10-25/h13-14,16H,1-12,15H2,(H,26,27). The van der Waals surface area contributed by atoms with E-state index >= 15 is 0 Å². The summed E-state index contributed by atoms with van der Waals surface area (Å²) in [5, 5.41) is 9.01. The zero-order chi connectivity index (χ0) is 22.6. The molecule has 13 heteroatoms. The molecule has 1 aromatic rings. The Labute approximate surface area is 187 Å². The number of aromatic nitrogens is 2. The number of likely N-dealkylation sites (tertiary alicyclic amines) is 1. The Morgan fingerprint density at radius 2 is 1.66 bits per heavy atom. The van der Waals surface area contributed by atoms with Crippen molar-refractivity contribution in [2.75, 3.05) is 77.1 Å². The summed E-state index contributed by atoms with van der Waals surface area (Å²) in [6.45, 7) is 5.09. The molecular formula is C19H30N6O6S. The maximum atomic E-state index is 12.8. The van der Waals surface area contributed by atoms with Crippen LogP contribution in [0.2, 0.25) is 0 Å². The molecule has 0 aromatic carbocycles. The van der Waals surface area contributed by atoms with Gasteiger partial charge in [-0.3, -0.25) is 0 Å². The molecular weight excluding hydrogens is 440 g/mol. The van der Waals surface area contributed by atoms with E-state index in [1.54, 1.807) is 12.4 Å². The molecule has 0 spiro atoms. The molecule has 0 saturated carbocycles. The van der Waals surface area contributed by atoms with E-state index < -0.39 is 16.3 Å². The van der Waals surface area contributed by atoms with Gasteiger partial charge < -0.3 is 24.4 Å². The first-order valence-electron chi connectivity index (χ1n) is 10.9. The second kappa shape index (κ2) is 10.1. The van der Waals surface area contributed by atoms with E-state index in [0.717, 1.165) is 12.8 Å². The highest BCUT2D eigenvalue weighted by Gasteiger charge is 2.33. The average molecular weight is 471 g/mol. The van der Waals surface area contributed by atoms with E-state index in [4.69, 9.17) is 14.6 Å². The number of piperidine rings is 1. The Balaban J connectivity index is 1.23. The van der Waals surface area contributed by atoms with Gasteiger partial charge >= 0.3 is 6.09 Å². The van der Waals surface area contributed by atoms with Gasteiger partial charge in [-0.2, -0.15) is 17.0 Å². The normalized spacial score (nSPS) is 22.1. The van der Waals surface area contributed by atoms with Crippen LogP contribution in [0.3, 0.4) is 0 Å². The van der Waals surface area contributed by atoms with Gasteiger partial charge in [0, 0.05) is 52.4 Å². The Bertz CT molecular complexity index is 863. The van der Waals surface area contributed by atoms with E-state index in [0.29, 0.717) is 89.8 Å². The molecule has 3 saturated heterocycles. The van der Waals surface area contributed by atoms with Crippen molar-refractivity contribution in [2.45, 2.75) is 12.8 Å². The van der Waals surface area contributed by atoms with Gasteiger partial charge in [0.25, 0.3) is 10.2 Å². The molecule has 1 amide bonds. The summed E-state index contributed by atoms with van der Waals surface area (Å²) in [5.74, 6) is 1.42. The number of rotatable bonds is 6. The van der Waals surface area contributed by atoms with Gasteiger partial charge in [0.05, 0.1) is 32.2 Å². The Hall–Kier alpha value is -2.22. The maximum absolute atomic E-state index is 12.8. The van der Waals surface area contributed by atoms with Gasteiger partial charge in [0.2, 0.25) is 5.88 Å². The van der Waals surface area contributed by atoms with Crippen molar-refractivity contribution >= 4 is 22.1 Å². The van der Waals surface area contributed by atoms with Crippen molar-refractivity contribution in [3.8, 4) is 5.88 Å². The fraction of sp³-hybridized carbons (Fsp3) is 0.737. The van der Waals surface area contributed by atoms with Crippen LogP contribution >= 0.6 is 0 Å². The van der Waals surface area contributed by atoms with Crippen molar-refractivity contribution in [1.29, 1.82) is 0 Å². The predicted molar refractivity (Wildman–Crippen MR) is 115 cm³/mol. The lowest BCUT2D eigenvalue weighted by Gasteiger charge is -2.37. The fourth-order valence-corrected chi connectivity index (χ4v) is 5.69. The van der Waals surface area contributed by atoms with E-state index in [9.17, 15) is 13.2 Å². The molecule has 3 fully saturated rings. The highest BCUT2D eigenvalue weighted by Crippen LogP contribution is 2.21. The van der Waals surface area contributed by atoms with E-state index in [1.165, 1.54) is 13.5 Å².